The first-order valence-corrected chi connectivity index (χ1v) is 15.4. The van der Waals surface area contributed by atoms with Gasteiger partial charge in [0.1, 0.15) is 0 Å². The van der Waals surface area contributed by atoms with Gasteiger partial charge in [-0.1, -0.05) is 54.6 Å². The van der Waals surface area contributed by atoms with E-state index in [-0.39, 0.29) is 29.7 Å². The Morgan fingerprint density at radius 1 is 0.951 bits per heavy atom. The number of carbonyl (C=O) groups excluding carboxylic acids is 3. The van der Waals surface area contributed by atoms with Gasteiger partial charge >= 0.3 is 0 Å². The maximum absolute atomic E-state index is 13.0. The van der Waals surface area contributed by atoms with Gasteiger partial charge in [-0.3, -0.25) is 14.4 Å². The van der Waals surface area contributed by atoms with Crippen molar-refractivity contribution in [3.63, 3.8) is 0 Å². The van der Waals surface area contributed by atoms with E-state index in [1.54, 1.807) is 23.5 Å². The third-order valence-electron chi connectivity index (χ3n) is 7.42. The van der Waals surface area contributed by atoms with Gasteiger partial charge in [-0.25, -0.2) is 4.98 Å². The number of nitrogens with zero attached hydrogens (tertiary/aromatic N) is 2. The first kappa shape index (κ1) is 27.3. The molecule has 2 aliphatic heterocycles. The van der Waals surface area contributed by atoms with Crippen molar-refractivity contribution in [1.82, 2.24) is 20.5 Å². The minimum absolute atomic E-state index is 0.00402. The first-order chi connectivity index (χ1) is 20.0. The van der Waals surface area contributed by atoms with E-state index in [1.165, 1.54) is 11.3 Å². The summed E-state index contributed by atoms with van der Waals surface area (Å²) < 4.78 is 0. The molecule has 0 saturated carbocycles. The third kappa shape index (κ3) is 6.56. The molecule has 6 rings (SSSR count). The Hall–Kier alpha value is -3.86. The van der Waals surface area contributed by atoms with Crippen LogP contribution >= 0.6 is 22.7 Å². The molecule has 3 N–H and O–H groups in total. The van der Waals surface area contributed by atoms with Gasteiger partial charge in [-0.15, -0.1) is 22.7 Å². The number of hydrogen-bond donors (Lipinski definition) is 3. The monoisotopic (exact) mass is 585 g/mol. The second-order valence-corrected chi connectivity index (χ2v) is 12.6. The number of thiazole rings is 1. The predicted octanol–water partition coefficient (Wildman–Crippen LogP) is 4.66. The summed E-state index contributed by atoms with van der Waals surface area (Å²) in [6.07, 6.45) is 4.07. The highest BCUT2D eigenvalue weighted by molar-refractivity contribution is 7.18. The summed E-state index contributed by atoms with van der Waals surface area (Å²) in [6.45, 7) is 2.66. The Kier molecular flexibility index (Phi) is 8.22. The fourth-order valence-electron chi connectivity index (χ4n) is 5.03. The number of benzene rings is 2. The molecule has 2 aromatic carbocycles. The number of likely N-dealkylation sites (tertiary alicyclic amines) is 1. The van der Waals surface area contributed by atoms with Crippen molar-refractivity contribution in [3.8, 4) is 10.4 Å². The second-order valence-electron chi connectivity index (χ2n) is 10.4. The van der Waals surface area contributed by atoms with Crippen LogP contribution in [0.1, 0.15) is 44.6 Å². The molecule has 0 spiro atoms. The van der Waals surface area contributed by atoms with Crippen LogP contribution in [0.5, 0.6) is 0 Å². The molecule has 0 radical (unpaired) electrons. The molecule has 2 saturated heterocycles. The fraction of sp³-hybridized carbons (Fsp3) is 0.290. The molecule has 0 unspecified atom stereocenters. The Morgan fingerprint density at radius 2 is 1.76 bits per heavy atom. The van der Waals surface area contributed by atoms with Crippen LogP contribution < -0.4 is 16.0 Å². The second kappa shape index (κ2) is 12.3. The lowest BCUT2D eigenvalue weighted by molar-refractivity contribution is -0.120. The van der Waals surface area contributed by atoms with E-state index in [0.29, 0.717) is 35.9 Å². The normalized spacial score (nSPS) is 16.8. The number of carbonyl (C=O) groups is 3. The lowest BCUT2D eigenvalue weighted by Gasteiger charge is -2.37. The summed E-state index contributed by atoms with van der Waals surface area (Å²) in [7, 11) is 0. The fourth-order valence-corrected chi connectivity index (χ4v) is 6.92. The molecule has 0 bridgehead atoms. The molecule has 2 aromatic heterocycles. The average molecular weight is 586 g/mol. The highest BCUT2D eigenvalue weighted by Crippen LogP contribution is 2.36. The van der Waals surface area contributed by atoms with Crippen LogP contribution in [0.2, 0.25) is 0 Å². The molecule has 10 heteroatoms. The molecular formula is C31H31N5O3S2. The molecule has 0 aliphatic carbocycles. The summed E-state index contributed by atoms with van der Waals surface area (Å²) in [6, 6.07) is 21.4. The van der Waals surface area contributed by atoms with Gasteiger partial charge in [0.2, 0.25) is 11.8 Å². The van der Waals surface area contributed by atoms with E-state index in [2.05, 4.69) is 20.9 Å². The number of aromatic nitrogens is 1. The number of thiophene rings is 1. The molecule has 41 heavy (non-hydrogen) atoms. The van der Waals surface area contributed by atoms with E-state index in [9.17, 15) is 14.4 Å². The van der Waals surface area contributed by atoms with E-state index in [1.807, 2.05) is 65.7 Å². The zero-order chi connectivity index (χ0) is 28.2. The topological polar surface area (TPSA) is 103 Å². The number of amides is 3. The quantitative estimate of drug-likeness (QED) is 0.265. The molecule has 4 aromatic rings. The third-order valence-corrected chi connectivity index (χ3v) is 9.61. The molecular weight excluding hydrogens is 555 g/mol. The summed E-state index contributed by atoms with van der Waals surface area (Å²) in [4.78, 5) is 45.8. The lowest BCUT2D eigenvalue weighted by atomic mass is 10.0. The molecule has 4 heterocycles. The Morgan fingerprint density at radius 3 is 2.51 bits per heavy atom. The van der Waals surface area contributed by atoms with Crippen LogP contribution in [0.25, 0.3) is 10.4 Å². The standard InChI is InChI=1S/C31H31N5O3S2/c37-27(33-16-21-5-2-1-3-6-21)15-20-8-10-22(11-9-20)26-17-34-30(41-26)23-18-36(19-23)31(39)25-12-13-28(40-25)35-29(38)24-7-4-14-32-24/h1-3,5-6,8-13,17,23-24,32H,4,7,14-16,18-19H2,(H,33,37)(H,35,38)/t24-/m0/s1. The van der Waals surface area contributed by atoms with Crippen LogP contribution in [0.3, 0.4) is 0 Å². The van der Waals surface area contributed by atoms with Crippen molar-refractivity contribution in [2.45, 2.75) is 37.8 Å². The van der Waals surface area contributed by atoms with Gasteiger partial charge in [0.15, 0.2) is 0 Å². The molecule has 2 aliphatic rings. The van der Waals surface area contributed by atoms with E-state index in [4.69, 9.17) is 0 Å². The number of rotatable bonds is 9. The van der Waals surface area contributed by atoms with E-state index >= 15 is 0 Å². The molecule has 1 atom stereocenters. The zero-order valence-electron chi connectivity index (χ0n) is 22.5. The molecule has 3 amide bonds. The predicted molar refractivity (Wildman–Crippen MR) is 162 cm³/mol. The van der Waals surface area contributed by atoms with Crippen LogP contribution in [0, 0.1) is 0 Å². The van der Waals surface area contributed by atoms with Gasteiger partial charge in [0.05, 0.1) is 32.2 Å². The van der Waals surface area contributed by atoms with Crippen LogP contribution in [0.4, 0.5) is 5.00 Å². The summed E-state index contributed by atoms with van der Waals surface area (Å²) in [5.74, 6) is 0.172. The Bertz CT molecular complexity index is 1520. The highest BCUT2D eigenvalue weighted by atomic mass is 32.1. The van der Waals surface area contributed by atoms with Gasteiger partial charge in [0, 0.05) is 31.7 Å². The summed E-state index contributed by atoms with van der Waals surface area (Å²) in [5.41, 5.74) is 3.11. The average Bonchev–Trinajstić information content (AvgIpc) is 3.75. The summed E-state index contributed by atoms with van der Waals surface area (Å²) in [5, 5.41) is 10.8. The maximum atomic E-state index is 13.0. The lowest BCUT2D eigenvalue weighted by Crippen LogP contribution is -2.48. The van der Waals surface area contributed by atoms with Gasteiger partial charge < -0.3 is 20.9 Å². The van der Waals surface area contributed by atoms with Crippen LogP contribution in [0.15, 0.2) is 72.9 Å². The molecule has 8 nitrogen and oxygen atoms in total. The number of nitrogens with one attached hydrogen (secondary N) is 3. The van der Waals surface area contributed by atoms with Crippen molar-refractivity contribution < 1.29 is 14.4 Å². The SMILES string of the molecule is O=C(Cc1ccc(-c2cnc(C3CN(C(=O)c4ccc(NC(=O)[C@@H]5CCCN5)s4)C3)s2)cc1)NCc1ccccc1. The van der Waals surface area contributed by atoms with Crippen molar-refractivity contribution >= 4 is 45.4 Å². The van der Waals surface area contributed by atoms with Crippen molar-refractivity contribution in [1.29, 1.82) is 0 Å². The van der Waals surface area contributed by atoms with Crippen LogP contribution in [-0.2, 0) is 22.6 Å². The molecule has 2 fully saturated rings. The minimum Gasteiger partial charge on any atom is -0.352 e. The van der Waals surface area contributed by atoms with Crippen molar-refractivity contribution in [2.24, 2.45) is 0 Å². The van der Waals surface area contributed by atoms with E-state index < -0.39 is 0 Å². The van der Waals surface area contributed by atoms with Crippen molar-refractivity contribution in [2.75, 3.05) is 25.0 Å². The largest absolute Gasteiger partial charge is 0.352 e. The Balaban J connectivity index is 0.977. The van der Waals surface area contributed by atoms with Gasteiger partial charge in [-0.05, 0) is 48.2 Å². The zero-order valence-corrected chi connectivity index (χ0v) is 24.1. The number of hydrogen-bond acceptors (Lipinski definition) is 7. The minimum atomic E-state index is -0.148. The molecule has 210 valence electrons. The maximum Gasteiger partial charge on any atom is 0.264 e. The highest BCUT2D eigenvalue weighted by Gasteiger charge is 2.35. The van der Waals surface area contributed by atoms with Crippen LogP contribution in [-0.4, -0.2) is 53.3 Å². The van der Waals surface area contributed by atoms with E-state index in [0.717, 1.165) is 46.0 Å². The number of anilines is 1. The first-order valence-electron chi connectivity index (χ1n) is 13.8. The summed E-state index contributed by atoms with van der Waals surface area (Å²) >= 11 is 2.97. The van der Waals surface area contributed by atoms with Gasteiger partial charge in [0.25, 0.3) is 5.91 Å². The van der Waals surface area contributed by atoms with Crippen molar-refractivity contribution in [3.05, 3.63) is 93.9 Å². The Labute approximate surface area is 246 Å². The smallest absolute Gasteiger partial charge is 0.264 e. The van der Waals surface area contributed by atoms with Gasteiger partial charge in [-0.2, -0.15) is 0 Å².